The number of aryl methyl sites for hydroxylation is 1. The van der Waals surface area contributed by atoms with E-state index < -0.39 is 0 Å². The zero-order valence-corrected chi connectivity index (χ0v) is 15.3. The number of allylic oxidation sites excluding steroid dienone is 1. The molecule has 0 N–H and O–H groups in total. The predicted octanol–water partition coefficient (Wildman–Crippen LogP) is 6.35. The molecular weight excluding hydrogens is 369 g/mol. The Morgan fingerprint density at radius 1 is 1.04 bits per heavy atom. The number of nitriles is 1. The van der Waals surface area contributed by atoms with Crippen molar-refractivity contribution in [1.29, 1.82) is 5.26 Å². The standard InChI is InChI=1S/C21H13Cl2NO2/c1-13-19(11-20(26-13)15-4-8-18(23)9-5-15)21(25)16(12-24)10-14-2-6-17(22)7-3-14/h2-11H,1H3/b16-10-. The van der Waals surface area contributed by atoms with Gasteiger partial charge in [-0.1, -0.05) is 35.3 Å². The molecule has 5 heteroatoms. The minimum atomic E-state index is -0.385. The van der Waals surface area contributed by atoms with E-state index in [2.05, 4.69) is 0 Å². The first-order valence-corrected chi connectivity index (χ1v) is 8.52. The molecule has 26 heavy (non-hydrogen) atoms. The summed E-state index contributed by atoms with van der Waals surface area (Å²) in [5, 5.41) is 10.6. The maximum atomic E-state index is 12.8. The maximum absolute atomic E-state index is 12.8. The zero-order chi connectivity index (χ0) is 18.7. The predicted molar refractivity (Wildman–Crippen MR) is 103 cm³/mol. The van der Waals surface area contributed by atoms with Crippen LogP contribution in [-0.4, -0.2) is 5.78 Å². The van der Waals surface area contributed by atoms with E-state index in [9.17, 15) is 10.1 Å². The normalized spacial score (nSPS) is 11.2. The fourth-order valence-corrected chi connectivity index (χ4v) is 2.74. The van der Waals surface area contributed by atoms with E-state index in [0.29, 0.717) is 27.1 Å². The van der Waals surface area contributed by atoms with Gasteiger partial charge in [0, 0.05) is 15.6 Å². The molecule has 0 atom stereocenters. The van der Waals surface area contributed by atoms with Gasteiger partial charge in [-0.2, -0.15) is 5.26 Å². The van der Waals surface area contributed by atoms with Crippen LogP contribution in [0.5, 0.6) is 0 Å². The average molecular weight is 382 g/mol. The Morgan fingerprint density at radius 3 is 2.19 bits per heavy atom. The van der Waals surface area contributed by atoms with E-state index in [1.165, 1.54) is 6.08 Å². The number of Topliss-reactive ketones (excluding diaryl/α,β-unsaturated/α-hetero) is 1. The van der Waals surface area contributed by atoms with Crippen LogP contribution in [0.3, 0.4) is 0 Å². The van der Waals surface area contributed by atoms with Crippen LogP contribution in [0, 0.1) is 18.3 Å². The van der Waals surface area contributed by atoms with Crippen LogP contribution in [0.4, 0.5) is 0 Å². The summed E-state index contributed by atoms with van der Waals surface area (Å²) < 4.78 is 5.70. The molecule has 128 valence electrons. The summed E-state index contributed by atoms with van der Waals surface area (Å²) in [6.45, 7) is 1.70. The van der Waals surface area contributed by atoms with E-state index in [1.54, 1.807) is 49.4 Å². The van der Waals surface area contributed by atoms with E-state index in [1.807, 2.05) is 18.2 Å². The van der Waals surface area contributed by atoms with E-state index >= 15 is 0 Å². The molecule has 0 saturated carbocycles. The van der Waals surface area contributed by atoms with E-state index in [4.69, 9.17) is 27.6 Å². The molecule has 0 aliphatic heterocycles. The van der Waals surface area contributed by atoms with Gasteiger partial charge in [0.25, 0.3) is 0 Å². The lowest BCUT2D eigenvalue weighted by molar-refractivity contribution is 0.103. The molecule has 1 heterocycles. The van der Waals surface area contributed by atoms with Crippen LogP contribution >= 0.6 is 23.2 Å². The summed E-state index contributed by atoms with van der Waals surface area (Å²) in [5.74, 6) is 0.618. The molecule has 0 saturated heterocycles. The monoisotopic (exact) mass is 381 g/mol. The van der Waals surface area contributed by atoms with Gasteiger partial charge in [0.1, 0.15) is 23.2 Å². The lowest BCUT2D eigenvalue weighted by Gasteiger charge is -1.98. The third-order valence-electron chi connectivity index (χ3n) is 3.84. The fraction of sp³-hybridized carbons (Fsp3) is 0.0476. The molecule has 0 amide bonds. The summed E-state index contributed by atoms with van der Waals surface area (Å²) in [6.07, 6.45) is 1.53. The van der Waals surface area contributed by atoms with Crippen LogP contribution in [0.2, 0.25) is 10.0 Å². The van der Waals surface area contributed by atoms with Gasteiger partial charge in [0.15, 0.2) is 0 Å². The molecule has 3 aromatic rings. The summed E-state index contributed by atoms with van der Waals surface area (Å²) in [6, 6.07) is 17.6. The number of carbonyl (C=O) groups excluding carboxylic acids is 1. The number of benzene rings is 2. The van der Waals surface area contributed by atoms with E-state index in [-0.39, 0.29) is 11.4 Å². The lowest BCUT2D eigenvalue weighted by atomic mass is 10.0. The molecule has 1 aromatic heterocycles. The Hall–Kier alpha value is -2.80. The highest BCUT2D eigenvalue weighted by atomic mass is 35.5. The maximum Gasteiger partial charge on any atom is 0.207 e. The van der Waals surface area contributed by atoms with Crippen molar-refractivity contribution in [3.05, 3.63) is 87.1 Å². The van der Waals surface area contributed by atoms with Gasteiger partial charge in [-0.3, -0.25) is 4.79 Å². The van der Waals surface area contributed by atoms with Crippen molar-refractivity contribution in [3.63, 3.8) is 0 Å². The number of halogens is 2. The van der Waals surface area contributed by atoms with Crippen molar-refractivity contribution >= 4 is 35.1 Å². The van der Waals surface area contributed by atoms with Gasteiger partial charge in [-0.15, -0.1) is 0 Å². The van der Waals surface area contributed by atoms with Gasteiger partial charge in [0.05, 0.1) is 5.56 Å². The number of furan rings is 1. The number of carbonyl (C=O) groups is 1. The Labute approximate surface area is 161 Å². The molecular formula is C21H13Cl2NO2. The minimum absolute atomic E-state index is 0.0267. The van der Waals surface area contributed by atoms with Crippen molar-refractivity contribution < 1.29 is 9.21 Å². The highest BCUT2D eigenvalue weighted by molar-refractivity contribution is 6.30. The molecule has 0 fully saturated rings. The number of nitrogens with zero attached hydrogens (tertiary/aromatic N) is 1. The van der Waals surface area contributed by atoms with Gasteiger partial charge >= 0.3 is 0 Å². The number of hydrogen-bond acceptors (Lipinski definition) is 3. The first kappa shape index (κ1) is 18.0. The summed E-state index contributed by atoms with van der Waals surface area (Å²) >= 11 is 11.8. The lowest BCUT2D eigenvalue weighted by Crippen LogP contribution is -2.02. The Bertz CT molecular complexity index is 1020. The zero-order valence-electron chi connectivity index (χ0n) is 13.8. The van der Waals surface area contributed by atoms with Gasteiger partial charge < -0.3 is 4.42 Å². The average Bonchev–Trinajstić information content (AvgIpc) is 3.03. The first-order chi connectivity index (χ1) is 12.5. The molecule has 0 radical (unpaired) electrons. The van der Waals surface area contributed by atoms with Crippen LogP contribution in [0.1, 0.15) is 21.7 Å². The second-order valence-electron chi connectivity index (χ2n) is 5.64. The van der Waals surface area contributed by atoms with Crippen molar-refractivity contribution in [1.82, 2.24) is 0 Å². The van der Waals surface area contributed by atoms with Crippen LogP contribution in [0.25, 0.3) is 17.4 Å². The van der Waals surface area contributed by atoms with Crippen molar-refractivity contribution in [3.8, 4) is 17.4 Å². The molecule has 0 aliphatic rings. The quantitative estimate of drug-likeness (QED) is 0.300. The molecule has 2 aromatic carbocycles. The highest BCUT2D eigenvalue weighted by Crippen LogP contribution is 2.28. The van der Waals surface area contributed by atoms with Gasteiger partial charge in [0.2, 0.25) is 5.78 Å². The van der Waals surface area contributed by atoms with Crippen LogP contribution < -0.4 is 0 Å². The molecule has 0 aliphatic carbocycles. The third kappa shape index (κ3) is 3.88. The van der Waals surface area contributed by atoms with Crippen LogP contribution in [-0.2, 0) is 0 Å². The van der Waals surface area contributed by atoms with Crippen LogP contribution in [0.15, 0.2) is 64.6 Å². The number of rotatable bonds is 4. The minimum Gasteiger partial charge on any atom is -0.461 e. The smallest absolute Gasteiger partial charge is 0.207 e. The summed E-state index contributed by atoms with van der Waals surface area (Å²) in [7, 11) is 0. The SMILES string of the molecule is Cc1oc(-c2ccc(Cl)cc2)cc1C(=O)/C(C#N)=C\c1ccc(Cl)cc1. The Balaban J connectivity index is 1.95. The van der Waals surface area contributed by atoms with Gasteiger partial charge in [-0.25, -0.2) is 0 Å². The second-order valence-corrected chi connectivity index (χ2v) is 6.51. The summed E-state index contributed by atoms with van der Waals surface area (Å²) in [4.78, 5) is 12.8. The molecule has 3 rings (SSSR count). The topological polar surface area (TPSA) is 54.0 Å². The Morgan fingerprint density at radius 2 is 1.62 bits per heavy atom. The van der Waals surface area contributed by atoms with E-state index in [0.717, 1.165) is 11.1 Å². The van der Waals surface area contributed by atoms with Crippen molar-refractivity contribution in [2.24, 2.45) is 0 Å². The Kier molecular flexibility index (Phi) is 5.27. The summed E-state index contributed by atoms with van der Waals surface area (Å²) in [5.41, 5.74) is 1.91. The molecule has 0 bridgehead atoms. The molecule has 0 spiro atoms. The highest BCUT2D eigenvalue weighted by Gasteiger charge is 2.19. The number of ketones is 1. The fourth-order valence-electron chi connectivity index (χ4n) is 2.48. The molecule has 3 nitrogen and oxygen atoms in total. The van der Waals surface area contributed by atoms with Crippen molar-refractivity contribution in [2.45, 2.75) is 6.92 Å². The van der Waals surface area contributed by atoms with Crippen molar-refractivity contribution in [2.75, 3.05) is 0 Å². The molecule has 0 unspecified atom stereocenters. The first-order valence-electron chi connectivity index (χ1n) is 7.76. The third-order valence-corrected chi connectivity index (χ3v) is 4.34. The second kappa shape index (κ2) is 7.61. The van der Waals surface area contributed by atoms with Gasteiger partial charge in [-0.05, 0) is 61.0 Å². The number of hydrogen-bond donors (Lipinski definition) is 0. The largest absolute Gasteiger partial charge is 0.461 e.